The third-order valence-corrected chi connectivity index (χ3v) is 3.00. The van der Waals surface area contributed by atoms with E-state index in [1.807, 2.05) is 32.0 Å². The molecule has 0 aliphatic carbocycles. The molecular weight excluding hydrogens is 242 g/mol. The van der Waals surface area contributed by atoms with E-state index in [0.29, 0.717) is 19.3 Å². The Morgan fingerprint density at radius 1 is 1.37 bits per heavy atom. The van der Waals surface area contributed by atoms with E-state index in [1.54, 1.807) is 0 Å². The molecule has 2 N–H and O–H groups in total. The number of hydrogen-bond donors (Lipinski definition) is 2. The summed E-state index contributed by atoms with van der Waals surface area (Å²) in [6.07, 6.45) is 1.67. The number of carboxylic acid groups (broad SMARTS) is 1. The fraction of sp³-hybridized carbons (Fsp3) is 0.467. The molecule has 4 heteroatoms. The minimum Gasteiger partial charge on any atom is -0.481 e. The molecule has 4 nitrogen and oxygen atoms in total. The van der Waals surface area contributed by atoms with Gasteiger partial charge in [0.25, 0.3) is 0 Å². The van der Waals surface area contributed by atoms with Gasteiger partial charge in [-0.15, -0.1) is 0 Å². The van der Waals surface area contributed by atoms with Crippen LogP contribution in [0.1, 0.15) is 37.3 Å². The normalized spacial score (nSPS) is 11.9. The van der Waals surface area contributed by atoms with Gasteiger partial charge >= 0.3 is 5.97 Å². The molecule has 19 heavy (non-hydrogen) atoms. The number of rotatable bonds is 7. The molecule has 0 bridgehead atoms. The van der Waals surface area contributed by atoms with E-state index in [1.165, 1.54) is 5.56 Å². The number of aryl methyl sites for hydroxylation is 2. The lowest BCUT2D eigenvalue weighted by atomic mass is 10.1. The Morgan fingerprint density at radius 2 is 2.11 bits per heavy atom. The van der Waals surface area contributed by atoms with Gasteiger partial charge in [0.2, 0.25) is 5.91 Å². The van der Waals surface area contributed by atoms with Crippen molar-refractivity contribution in [1.29, 1.82) is 0 Å². The molecule has 0 aliphatic heterocycles. The van der Waals surface area contributed by atoms with Gasteiger partial charge in [0.05, 0.1) is 6.42 Å². The van der Waals surface area contributed by atoms with Crippen LogP contribution in [0.15, 0.2) is 24.3 Å². The summed E-state index contributed by atoms with van der Waals surface area (Å²) in [5.74, 6) is -0.972. The van der Waals surface area contributed by atoms with E-state index in [2.05, 4.69) is 11.4 Å². The SMILES string of the molecule is CCC(CC(=O)O)NC(=O)CCc1cccc(C)c1. The monoisotopic (exact) mass is 263 g/mol. The fourth-order valence-corrected chi connectivity index (χ4v) is 1.93. The van der Waals surface area contributed by atoms with E-state index >= 15 is 0 Å². The van der Waals surface area contributed by atoms with Crippen molar-refractivity contribution in [2.75, 3.05) is 0 Å². The van der Waals surface area contributed by atoms with Crippen LogP contribution in [0, 0.1) is 6.92 Å². The average Bonchev–Trinajstić information content (AvgIpc) is 2.35. The number of carboxylic acids is 1. The highest BCUT2D eigenvalue weighted by Gasteiger charge is 2.13. The smallest absolute Gasteiger partial charge is 0.305 e. The Balaban J connectivity index is 2.40. The van der Waals surface area contributed by atoms with Crippen LogP contribution in [0.5, 0.6) is 0 Å². The summed E-state index contributed by atoms with van der Waals surface area (Å²) in [5, 5.41) is 11.5. The van der Waals surface area contributed by atoms with Gasteiger partial charge in [0, 0.05) is 12.5 Å². The quantitative estimate of drug-likeness (QED) is 0.793. The lowest BCUT2D eigenvalue weighted by Gasteiger charge is -2.14. The molecule has 1 aromatic carbocycles. The van der Waals surface area contributed by atoms with Crippen LogP contribution in [-0.4, -0.2) is 23.0 Å². The van der Waals surface area contributed by atoms with E-state index in [9.17, 15) is 9.59 Å². The Morgan fingerprint density at radius 3 is 2.68 bits per heavy atom. The van der Waals surface area contributed by atoms with Crippen molar-refractivity contribution in [2.45, 2.75) is 45.6 Å². The second kappa shape index (κ2) is 7.56. The Bertz CT molecular complexity index is 443. The molecular formula is C15H21NO3. The Kier molecular flexibility index (Phi) is 6.06. The van der Waals surface area contributed by atoms with Crippen LogP contribution < -0.4 is 5.32 Å². The summed E-state index contributed by atoms with van der Waals surface area (Å²) >= 11 is 0. The van der Waals surface area contributed by atoms with Crippen molar-refractivity contribution in [1.82, 2.24) is 5.32 Å². The average molecular weight is 263 g/mol. The summed E-state index contributed by atoms with van der Waals surface area (Å²) < 4.78 is 0. The summed E-state index contributed by atoms with van der Waals surface area (Å²) in [6, 6.07) is 7.77. The zero-order chi connectivity index (χ0) is 14.3. The van der Waals surface area contributed by atoms with Crippen molar-refractivity contribution in [2.24, 2.45) is 0 Å². The third kappa shape index (κ3) is 6.04. The van der Waals surface area contributed by atoms with Gasteiger partial charge in [-0.05, 0) is 25.3 Å². The molecule has 1 rings (SSSR count). The van der Waals surface area contributed by atoms with Gasteiger partial charge in [0.1, 0.15) is 0 Å². The van der Waals surface area contributed by atoms with Gasteiger partial charge in [-0.2, -0.15) is 0 Å². The standard InChI is InChI=1S/C15H21NO3/c1-3-13(10-15(18)19)16-14(17)8-7-12-6-4-5-11(2)9-12/h4-6,9,13H,3,7-8,10H2,1-2H3,(H,16,17)(H,18,19). The van der Waals surface area contributed by atoms with Crippen LogP contribution in [0.2, 0.25) is 0 Å². The van der Waals surface area contributed by atoms with Crippen LogP contribution in [-0.2, 0) is 16.0 Å². The zero-order valence-electron chi connectivity index (χ0n) is 11.5. The maximum absolute atomic E-state index is 11.7. The first-order valence-corrected chi connectivity index (χ1v) is 6.58. The number of hydrogen-bond acceptors (Lipinski definition) is 2. The van der Waals surface area contributed by atoms with E-state index in [-0.39, 0.29) is 18.4 Å². The van der Waals surface area contributed by atoms with Gasteiger partial charge in [-0.1, -0.05) is 36.8 Å². The minimum atomic E-state index is -0.883. The highest BCUT2D eigenvalue weighted by molar-refractivity contribution is 5.77. The fourth-order valence-electron chi connectivity index (χ4n) is 1.93. The Hall–Kier alpha value is -1.84. The molecule has 104 valence electrons. The van der Waals surface area contributed by atoms with E-state index < -0.39 is 5.97 Å². The number of amides is 1. The van der Waals surface area contributed by atoms with Crippen molar-refractivity contribution >= 4 is 11.9 Å². The summed E-state index contributed by atoms with van der Waals surface area (Å²) in [6.45, 7) is 3.89. The molecule has 0 saturated carbocycles. The van der Waals surface area contributed by atoms with Crippen LogP contribution in [0.3, 0.4) is 0 Å². The minimum absolute atomic E-state index is 0.0211. The van der Waals surface area contributed by atoms with Crippen LogP contribution >= 0.6 is 0 Å². The number of carbonyl (C=O) groups is 2. The predicted molar refractivity (Wildman–Crippen MR) is 74.0 cm³/mol. The number of nitrogens with one attached hydrogen (secondary N) is 1. The third-order valence-electron chi connectivity index (χ3n) is 3.00. The molecule has 0 spiro atoms. The molecule has 0 saturated heterocycles. The number of carbonyl (C=O) groups excluding carboxylic acids is 1. The summed E-state index contributed by atoms with van der Waals surface area (Å²) in [7, 11) is 0. The zero-order valence-corrected chi connectivity index (χ0v) is 11.5. The Labute approximate surface area is 113 Å². The molecule has 1 atom stereocenters. The highest BCUT2D eigenvalue weighted by Crippen LogP contribution is 2.07. The van der Waals surface area contributed by atoms with Gasteiger partial charge in [-0.3, -0.25) is 9.59 Å². The van der Waals surface area contributed by atoms with Crippen molar-refractivity contribution in [3.8, 4) is 0 Å². The maximum atomic E-state index is 11.7. The molecule has 0 aromatic heterocycles. The van der Waals surface area contributed by atoms with E-state index in [4.69, 9.17) is 5.11 Å². The van der Waals surface area contributed by atoms with Crippen molar-refractivity contribution < 1.29 is 14.7 Å². The second-order valence-electron chi connectivity index (χ2n) is 4.76. The lowest BCUT2D eigenvalue weighted by molar-refractivity contribution is -0.137. The lowest BCUT2D eigenvalue weighted by Crippen LogP contribution is -2.36. The first-order valence-electron chi connectivity index (χ1n) is 6.58. The summed E-state index contributed by atoms with van der Waals surface area (Å²) in [5.41, 5.74) is 2.30. The predicted octanol–water partition coefficient (Wildman–Crippen LogP) is 2.30. The van der Waals surface area contributed by atoms with Crippen LogP contribution in [0.25, 0.3) is 0 Å². The first kappa shape index (κ1) is 15.2. The van der Waals surface area contributed by atoms with Gasteiger partial charge in [-0.25, -0.2) is 0 Å². The molecule has 0 aliphatic rings. The molecule has 0 heterocycles. The van der Waals surface area contributed by atoms with Crippen LogP contribution in [0.4, 0.5) is 0 Å². The number of benzene rings is 1. The van der Waals surface area contributed by atoms with Gasteiger partial charge < -0.3 is 10.4 Å². The maximum Gasteiger partial charge on any atom is 0.305 e. The van der Waals surface area contributed by atoms with E-state index in [0.717, 1.165) is 5.56 Å². The number of aliphatic carboxylic acids is 1. The molecule has 0 radical (unpaired) electrons. The second-order valence-corrected chi connectivity index (χ2v) is 4.76. The molecule has 0 fully saturated rings. The highest BCUT2D eigenvalue weighted by atomic mass is 16.4. The van der Waals surface area contributed by atoms with Crippen molar-refractivity contribution in [3.63, 3.8) is 0 Å². The largest absolute Gasteiger partial charge is 0.481 e. The summed E-state index contributed by atoms with van der Waals surface area (Å²) in [4.78, 5) is 22.4. The van der Waals surface area contributed by atoms with Gasteiger partial charge in [0.15, 0.2) is 0 Å². The topological polar surface area (TPSA) is 66.4 Å². The first-order chi connectivity index (χ1) is 9.01. The van der Waals surface area contributed by atoms with Crippen molar-refractivity contribution in [3.05, 3.63) is 35.4 Å². The molecule has 1 aromatic rings. The molecule has 1 amide bonds. The molecule has 1 unspecified atom stereocenters.